The van der Waals surface area contributed by atoms with E-state index in [1.807, 2.05) is 18.2 Å². The molecule has 7 heteroatoms. The predicted octanol–water partition coefficient (Wildman–Crippen LogP) is 5.16. The van der Waals surface area contributed by atoms with Crippen molar-refractivity contribution in [3.63, 3.8) is 0 Å². The van der Waals surface area contributed by atoms with E-state index in [1.165, 1.54) is 48.0 Å². The summed E-state index contributed by atoms with van der Waals surface area (Å²) in [5.74, 6) is -1.00. The van der Waals surface area contributed by atoms with Gasteiger partial charge >= 0.3 is 5.97 Å². The fraction of sp³-hybridized carbons (Fsp3) is 0.500. The minimum atomic E-state index is -0.863. The molecular formula is C22H30N2O3S2. The van der Waals surface area contributed by atoms with Crippen LogP contribution in [0.15, 0.2) is 29.2 Å². The molecule has 5 nitrogen and oxygen atoms in total. The minimum Gasteiger partial charge on any atom is -0.481 e. The summed E-state index contributed by atoms with van der Waals surface area (Å²) >= 11 is 6.58. The van der Waals surface area contributed by atoms with Crippen LogP contribution in [0.2, 0.25) is 0 Å². The largest absolute Gasteiger partial charge is 0.481 e. The van der Waals surface area contributed by atoms with Crippen molar-refractivity contribution in [2.45, 2.75) is 52.4 Å². The lowest BCUT2D eigenvalue weighted by Gasteiger charge is -2.24. The molecule has 158 valence electrons. The van der Waals surface area contributed by atoms with Gasteiger partial charge in [-0.1, -0.05) is 62.8 Å². The zero-order chi connectivity index (χ0) is 21.2. The molecule has 1 aliphatic rings. The predicted molar refractivity (Wildman–Crippen MR) is 125 cm³/mol. The topological polar surface area (TPSA) is 60.9 Å². The van der Waals surface area contributed by atoms with Gasteiger partial charge in [0.1, 0.15) is 4.32 Å². The van der Waals surface area contributed by atoms with E-state index in [4.69, 9.17) is 17.3 Å². The molecule has 0 spiro atoms. The number of carboxylic acids is 1. The molecule has 29 heavy (non-hydrogen) atoms. The number of hydrogen-bond acceptors (Lipinski definition) is 5. The molecule has 0 bridgehead atoms. The highest BCUT2D eigenvalue weighted by Gasteiger charge is 2.31. The lowest BCUT2D eigenvalue weighted by Crippen LogP contribution is -2.29. The van der Waals surface area contributed by atoms with Gasteiger partial charge in [-0.05, 0) is 43.0 Å². The number of aliphatic carboxylic acids is 1. The average Bonchev–Trinajstić information content (AvgIpc) is 2.96. The summed E-state index contributed by atoms with van der Waals surface area (Å²) in [5, 5.41) is 8.77. The number of amides is 1. The van der Waals surface area contributed by atoms with Crippen molar-refractivity contribution < 1.29 is 14.7 Å². The van der Waals surface area contributed by atoms with E-state index in [9.17, 15) is 9.59 Å². The number of carbonyl (C=O) groups is 2. The molecule has 0 saturated carbocycles. The van der Waals surface area contributed by atoms with Gasteiger partial charge in [0, 0.05) is 31.7 Å². The third kappa shape index (κ3) is 7.16. The third-order valence-corrected chi connectivity index (χ3v) is 6.14. The maximum absolute atomic E-state index is 12.6. The highest BCUT2D eigenvalue weighted by atomic mass is 32.2. The molecule has 1 amide bonds. The summed E-state index contributed by atoms with van der Waals surface area (Å²) < 4.78 is 0.494. The van der Waals surface area contributed by atoms with Crippen molar-refractivity contribution in [3.8, 4) is 0 Å². The number of thiocarbonyl (C=S) groups is 1. The molecular weight excluding hydrogens is 404 g/mol. The van der Waals surface area contributed by atoms with Crippen molar-refractivity contribution >= 4 is 51.9 Å². The Bertz CT molecular complexity index is 739. The van der Waals surface area contributed by atoms with Gasteiger partial charge in [-0.2, -0.15) is 0 Å². The maximum atomic E-state index is 12.6. The van der Waals surface area contributed by atoms with Crippen LogP contribution in [-0.2, 0) is 9.59 Å². The molecule has 0 unspecified atom stereocenters. The normalized spacial score (nSPS) is 15.4. The van der Waals surface area contributed by atoms with Gasteiger partial charge in [-0.3, -0.25) is 14.5 Å². The van der Waals surface area contributed by atoms with E-state index < -0.39 is 5.97 Å². The Morgan fingerprint density at radius 3 is 2.31 bits per heavy atom. The quantitative estimate of drug-likeness (QED) is 0.362. The molecule has 0 aromatic heterocycles. The van der Waals surface area contributed by atoms with E-state index in [1.54, 1.807) is 0 Å². The van der Waals surface area contributed by atoms with Crippen LogP contribution in [0.3, 0.4) is 0 Å². The van der Waals surface area contributed by atoms with Gasteiger partial charge in [-0.25, -0.2) is 0 Å². The van der Waals surface area contributed by atoms with E-state index in [0.717, 1.165) is 18.7 Å². The van der Waals surface area contributed by atoms with Crippen LogP contribution in [0.5, 0.6) is 0 Å². The molecule has 0 aliphatic carbocycles. The minimum absolute atomic E-state index is 0.0319. The standard InChI is InChI=1S/C22H30N2O3S2/c1-3-5-13-23(14-6-4-2)18-11-9-17(10-12-18)16-19-21(27)24(22(28)29-19)15-7-8-20(25)26/h9-12,16H,3-8,13-15H2,1-2H3,(H,25,26)/b19-16-. The van der Waals surface area contributed by atoms with Crippen molar-refractivity contribution in [1.82, 2.24) is 4.90 Å². The highest BCUT2D eigenvalue weighted by molar-refractivity contribution is 8.26. The first-order valence-corrected chi connectivity index (χ1v) is 11.5. The lowest BCUT2D eigenvalue weighted by atomic mass is 10.1. The number of hydrogen-bond donors (Lipinski definition) is 1. The van der Waals surface area contributed by atoms with E-state index in [2.05, 4.69) is 30.9 Å². The number of carboxylic acid groups (broad SMARTS) is 1. The second-order valence-electron chi connectivity index (χ2n) is 7.12. The molecule has 1 N–H and O–H groups in total. The number of benzene rings is 1. The van der Waals surface area contributed by atoms with Crippen molar-refractivity contribution in [3.05, 3.63) is 34.7 Å². The summed E-state index contributed by atoms with van der Waals surface area (Å²) in [6.45, 7) is 6.88. The monoisotopic (exact) mass is 434 g/mol. The molecule has 1 aromatic rings. The fourth-order valence-corrected chi connectivity index (χ4v) is 4.39. The van der Waals surface area contributed by atoms with Gasteiger partial charge in [0.2, 0.25) is 0 Å². The number of anilines is 1. The molecule has 1 saturated heterocycles. The van der Waals surface area contributed by atoms with Crippen LogP contribution >= 0.6 is 24.0 Å². The van der Waals surface area contributed by atoms with Crippen LogP contribution < -0.4 is 4.90 Å². The fourth-order valence-electron chi connectivity index (χ4n) is 3.08. The van der Waals surface area contributed by atoms with Gasteiger partial charge in [0.25, 0.3) is 5.91 Å². The number of thioether (sulfide) groups is 1. The molecule has 2 rings (SSSR count). The zero-order valence-electron chi connectivity index (χ0n) is 17.2. The van der Waals surface area contributed by atoms with Crippen LogP contribution in [0.25, 0.3) is 6.08 Å². The van der Waals surface area contributed by atoms with E-state index in [0.29, 0.717) is 22.2 Å². The summed E-state index contributed by atoms with van der Waals surface area (Å²) in [6, 6.07) is 8.31. The number of unbranched alkanes of at least 4 members (excludes halogenated alkanes) is 2. The Labute approximate surface area is 183 Å². The average molecular weight is 435 g/mol. The van der Waals surface area contributed by atoms with Crippen LogP contribution in [0.4, 0.5) is 5.69 Å². The molecule has 1 aromatic carbocycles. The molecule has 1 aliphatic heterocycles. The van der Waals surface area contributed by atoms with Crippen LogP contribution in [0.1, 0.15) is 57.9 Å². The first-order chi connectivity index (χ1) is 14.0. The second kappa shape index (κ2) is 12.0. The van der Waals surface area contributed by atoms with E-state index in [-0.39, 0.29) is 12.3 Å². The Hall–Kier alpha value is -1.86. The SMILES string of the molecule is CCCCN(CCCC)c1ccc(/C=C2\SC(=S)N(CCCC(=O)O)C2=O)cc1. The zero-order valence-corrected chi connectivity index (χ0v) is 18.9. The van der Waals surface area contributed by atoms with Crippen molar-refractivity contribution in [2.24, 2.45) is 0 Å². The van der Waals surface area contributed by atoms with Gasteiger partial charge in [0.05, 0.1) is 4.91 Å². The van der Waals surface area contributed by atoms with Gasteiger partial charge in [-0.15, -0.1) is 0 Å². The number of rotatable bonds is 12. The second-order valence-corrected chi connectivity index (χ2v) is 8.79. The summed E-state index contributed by atoms with van der Waals surface area (Å²) in [5.41, 5.74) is 2.18. The summed E-state index contributed by atoms with van der Waals surface area (Å²) in [7, 11) is 0. The van der Waals surface area contributed by atoms with Gasteiger partial charge < -0.3 is 10.0 Å². The van der Waals surface area contributed by atoms with Gasteiger partial charge in [0.15, 0.2) is 0 Å². The molecule has 1 heterocycles. The summed E-state index contributed by atoms with van der Waals surface area (Å²) in [4.78, 5) is 27.8. The van der Waals surface area contributed by atoms with Crippen molar-refractivity contribution in [2.75, 3.05) is 24.5 Å². The van der Waals surface area contributed by atoms with Crippen molar-refractivity contribution in [1.29, 1.82) is 0 Å². The Morgan fingerprint density at radius 1 is 1.14 bits per heavy atom. The smallest absolute Gasteiger partial charge is 0.303 e. The van der Waals surface area contributed by atoms with Crippen LogP contribution in [0, 0.1) is 0 Å². The van der Waals surface area contributed by atoms with E-state index >= 15 is 0 Å². The highest BCUT2D eigenvalue weighted by Crippen LogP contribution is 2.33. The molecule has 1 fully saturated rings. The first-order valence-electron chi connectivity index (χ1n) is 10.3. The number of carbonyl (C=O) groups excluding carboxylic acids is 1. The first kappa shape index (κ1) is 23.4. The lowest BCUT2D eigenvalue weighted by molar-refractivity contribution is -0.137. The Balaban J connectivity index is 2.05. The van der Waals surface area contributed by atoms with Crippen LogP contribution in [-0.4, -0.2) is 45.8 Å². The third-order valence-electron chi connectivity index (χ3n) is 4.77. The Morgan fingerprint density at radius 2 is 1.76 bits per heavy atom. The Kier molecular flexibility index (Phi) is 9.67. The number of nitrogens with zero attached hydrogens (tertiary/aromatic N) is 2. The molecule has 0 atom stereocenters. The maximum Gasteiger partial charge on any atom is 0.303 e. The molecule has 0 radical (unpaired) electrons. The summed E-state index contributed by atoms with van der Waals surface area (Å²) in [6.07, 6.45) is 7.00.